The lowest BCUT2D eigenvalue weighted by Gasteiger charge is -2.03. The lowest BCUT2D eigenvalue weighted by atomic mass is 10.0. The molecule has 0 atom stereocenters. The van der Waals surface area contributed by atoms with Gasteiger partial charge in [0, 0.05) is 5.70 Å². The Morgan fingerprint density at radius 1 is 1.32 bits per heavy atom. The Kier molecular flexibility index (Phi) is 3.51. The summed E-state index contributed by atoms with van der Waals surface area (Å²) >= 11 is 0. The minimum atomic E-state index is -0.505. The van der Waals surface area contributed by atoms with Crippen LogP contribution in [0.3, 0.4) is 0 Å². The van der Waals surface area contributed by atoms with Crippen molar-refractivity contribution in [1.82, 2.24) is 5.32 Å². The Bertz CT molecular complexity index is 612. The molecular weight excluding hydrogens is 242 g/mol. The number of carbonyl (C=O) groups is 2. The molecule has 0 unspecified atom stereocenters. The smallest absolute Gasteiger partial charge is 0.340 e. The molecule has 1 heterocycles. The van der Waals surface area contributed by atoms with E-state index in [2.05, 4.69) is 5.32 Å². The van der Waals surface area contributed by atoms with Gasteiger partial charge in [-0.1, -0.05) is 29.8 Å². The number of hydrogen-bond acceptors (Lipinski definition) is 3. The molecule has 0 aliphatic carbocycles. The van der Waals surface area contributed by atoms with E-state index in [4.69, 9.17) is 4.74 Å². The Morgan fingerprint density at radius 3 is 2.68 bits per heavy atom. The van der Waals surface area contributed by atoms with Crippen LogP contribution in [0.2, 0.25) is 0 Å². The fourth-order valence-corrected chi connectivity index (χ4v) is 2.05. The Morgan fingerprint density at radius 2 is 2.05 bits per heavy atom. The van der Waals surface area contributed by atoms with Gasteiger partial charge in [-0.15, -0.1) is 0 Å². The van der Waals surface area contributed by atoms with E-state index in [0.717, 1.165) is 11.1 Å². The Labute approximate surface area is 111 Å². The lowest BCUT2D eigenvalue weighted by Crippen LogP contribution is -2.15. The van der Waals surface area contributed by atoms with Gasteiger partial charge in [0.1, 0.15) is 0 Å². The largest absolute Gasteiger partial charge is 0.465 e. The highest BCUT2D eigenvalue weighted by Gasteiger charge is 2.30. The fourth-order valence-electron chi connectivity index (χ4n) is 2.05. The van der Waals surface area contributed by atoms with E-state index >= 15 is 0 Å². The van der Waals surface area contributed by atoms with Crippen LogP contribution in [0.15, 0.2) is 41.1 Å². The molecule has 1 aliphatic rings. The van der Waals surface area contributed by atoms with Crippen molar-refractivity contribution in [2.24, 2.45) is 0 Å². The molecule has 4 nitrogen and oxygen atoms in total. The van der Waals surface area contributed by atoms with Crippen LogP contribution in [0.1, 0.15) is 18.1 Å². The quantitative estimate of drug-likeness (QED) is 0.651. The maximum absolute atomic E-state index is 11.9. The summed E-state index contributed by atoms with van der Waals surface area (Å²) in [6.07, 6.45) is 1.70. The zero-order chi connectivity index (χ0) is 14.0. The minimum absolute atomic E-state index is 0.278. The predicted molar refractivity (Wildman–Crippen MR) is 72.0 cm³/mol. The summed E-state index contributed by atoms with van der Waals surface area (Å²) in [4.78, 5) is 23.6. The van der Waals surface area contributed by atoms with Crippen LogP contribution >= 0.6 is 0 Å². The molecule has 98 valence electrons. The number of allylic oxidation sites excluding steroid dienone is 1. The standard InChI is InChI=1S/C15H15NO3/c1-9-5-4-6-11(7-9)8-12-13(15(18)19-3)10(2)16-14(12)17/h4-8H,1-3H3,(H,16,17)/b12-8-. The number of esters is 1. The van der Waals surface area contributed by atoms with Crippen molar-refractivity contribution in [1.29, 1.82) is 0 Å². The summed E-state index contributed by atoms with van der Waals surface area (Å²) in [5.41, 5.74) is 3.13. The zero-order valence-electron chi connectivity index (χ0n) is 11.1. The number of rotatable bonds is 2. The van der Waals surface area contributed by atoms with Gasteiger partial charge in [-0.25, -0.2) is 4.79 Å². The summed E-state index contributed by atoms with van der Waals surface area (Å²) in [5.74, 6) is -0.783. The molecular formula is C15H15NO3. The van der Waals surface area contributed by atoms with Crippen LogP contribution in [-0.2, 0) is 14.3 Å². The first-order chi connectivity index (χ1) is 9.02. The predicted octanol–water partition coefficient (Wildman–Crippen LogP) is 1.96. The van der Waals surface area contributed by atoms with Crippen molar-refractivity contribution in [3.63, 3.8) is 0 Å². The molecule has 4 heteroatoms. The van der Waals surface area contributed by atoms with Crippen molar-refractivity contribution >= 4 is 18.0 Å². The van der Waals surface area contributed by atoms with E-state index in [1.807, 2.05) is 31.2 Å². The van der Waals surface area contributed by atoms with Crippen molar-refractivity contribution in [3.05, 3.63) is 52.2 Å². The minimum Gasteiger partial charge on any atom is -0.465 e. The van der Waals surface area contributed by atoms with E-state index in [1.54, 1.807) is 13.0 Å². The van der Waals surface area contributed by atoms with E-state index in [9.17, 15) is 9.59 Å². The van der Waals surface area contributed by atoms with E-state index in [1.165, 1.54) is 7.11 Å². The van der Waals surface area contributed by atoms with E-state index in [0.29, 0.717) is 16.8 Å². The number of amides is 1. The first-order valence-corrected chi connectivity index (χ1v) is 5.92. The summed E-state index contributed by atoms with van der Waals surface area (Å²) < 4.78 is 4.71. The summed E-state index contributed by atoms with van der Waals surface area (Å²) in [6, 6.07) is 7.71. The highest BCUT2D eigenvalue weighted by Crippen LogP contribution is 2.24. The van der Waals surface area contributed by atoms with Crippen LogP contribution in [-0.4, -0.2) is 19.0 Å². The molecule has 0 aromatic heterocycles. The van der Waals surface area contributed by atoms with Gasteiger partial charge < -0.3 is 10.1 Å². The first kappa shape index (κ1) is 13.1. The highest BCUT2D eigenvalue weighted by atomic mass is 16.5. The van der Waals surface area contributed by atoms with Gasteiger partial charge in [-0.2, -0.15) is 0 Å². The molecule has 19 heavy (non-hydrogen) atoms. The zero-order valence-corrected chi connectivity index (χ0v) is 11.1. The van der Waals surface area contributed by atoms with Crippen LogP contribution in [0.25, 0.3) is 6.08 Å². The second-order valence-corrected chi connectivity index (χ2v) is 4.42. The number of benzene rings is 1. The van der Waals surface area contributed by atoms with Gasteiger partial charge in [0.05, 0.1) is 18.3 Å². The normalized spacial score (nSPS) is 16.8. The monoisotopic (exact) mass is 257 g/mol. The van der Waals surface area contributed by atoms with Crippen molar-refractivity contribution in [2.45, 2.75) is 13.8 Å². The third kappa shape index (κ3) is 2.57. The van der Waals surface area contributed by atoms with Gasteiger partial charge in [0.15, 0.2) is 0 Å². The van der Waals surface area contributed by atoms with Gasteiger partial charge >= 0.3 is 5.97 Å². The van der Waals surface area contributed by atoms with Crippen LogP contribution in [0.4, 0.5) is 0 Å². The number of methoxy groups -OCH3 is 1. The van der Waals surface area contributed by atoms with Crippen molar-refractivity contribution in [3.8, 4) is 0 Å². The molecule has 1 aromatic rings. The molecule has 0 radical (unpaired) electrons. The third-order valence-electron chi connectivity index (χ3n) is 2.93. The van der Waals surface area contributed by atoms with Gasteiger partial charge in [-0.3, -0.25) is 4.79 Å². The van der Waals surface area contributed by atoms with Crippen LogP contribution in [0.5, 0.6) is 0 Å². The topological polar surface area (TPSA) is 55.4 Å². The Hall–Kier alpha value is -2.36. The lowest BCUT2D eigenvalue weighted by molar-refractivity contribution is -0.136. The van der Waals surface area contributed by atoms with Gasteiger partial charge in [0.25, 0.3) is 5.91 Å². The van der Waals surface area contributed by atoms with E-state index < -0.39 is 5.97 Å². The van der Waals surface area contributed by atoms with Gasteiger partial charge in [-0.05, 0) is 25.5 Å². The number of ether oxygens (including phenoxy) is 1. The molecule has 1 N–H and O–H groups in total. The second-order valence-electron chi connectivity index (χ2n) is 4.42. The molecule has 0 saturated carbocycles. The summed E-state index contributed by atoms with van der Waals surface area (Å²) in [5, 5.41) is 2.64. The second kappa shape index (κ2) is 5.10. The number of nitrogens with one attached hydrogen (secondary N) is 1. The first-order valence-electron chi connectivity index (χ1n) is 5.92. The summed E-state index contributed by atoms with van der Waals surface area (Å²) in [7, 11) is 1.30. The molecule has 1 amide bonds. The average Bonchev–Trinajstić information content (AvgIpc) is 2.63. The van der Waals surface area contributed by atoms with Crippen LogP contribution in [0, 0.1) is 6.92 Å². The third-order valence-corrected chi connectivity index (χ3v) is 2.93. The van der Waals surface area contributed by atoms with E-state index in [-0.39, 0.29) is 5.91 Å². The molecule has 0 saturated heterocycles. The molecule has 1 aliphatic heterocycles. The number of carbonyl (C=O) groups excluding carboxylic acids is 2. The molecule has 0 spiro atoms. The maximum Gasteiger partial charge on any atom is 0.340 e. The maximum atomic E-state index is 11.9. The summed E-state index contributed by atoms with van der Waals surface area (Å²) in [6.45, 7) is 3.65. The number of hydrogen-bond donors (Lipinski definition) is 1. The molecule has 0 fully saturated rings. The Balaban J connectivity index is 2.47. The molecule has 2 rings (SSSR count). The van der Waals surface area contributed by atoms with Gasteiger partial charge in [0.2, 0.25) is 0 Å². The molecule has 1 aromatic carbocycles. The molecule has 0 bridgehead atoms. The highest BCUT2D eigenvalue weighted by molar-refractivity contribution is 6.16. The van der Waals surface area contributed by atoms with Crippen LogP contribution < -0.4 is 5.32 Å². The SMILES string of the molecule is COC(=O)C1=C(C)NC(=O)/C1=C\c1cccc(C)c1. The number of aryl methyl sites for hydroxylation is 1. The van der Waals surface area contributed by atoms with Crippen molar-refractivity contribution < 1.29 is 14.3 Å². The average molecular weight is 257 g/mol. The van der Waals surface area contributed by atoms with Crippen molar-refractivity contribution in [2.75, 3.05) is 7.11 Å². The fraction of sp³-hybridized carbons (Fsp3) is 0.200.